The molecule has 39 heavy (non-hydrogen) atoms. The highest BCUT2D eigenvalue weighted by molar-refractivity contribution is 9.10. The minimum atomic E-state index is -1.46. The summed E-state index contributed by atoms with van der Waals surface area (Å²) in [4.78, 5) is 27.2. The Kier molecular flexibility index (Phi) is 6.29. The van der Waals surface area contributed by atoms with Crippen molar-refractivity contribution in [3.05, 3.63) is 69.9 Å². The molecule has 2 aromatic heterocycles. The number of phenols is 1. The maximum absolute atomic E-state index is 13.7. The zero-order chi connectivity index (χ0) is 27.9. The van der Waals surface area contributed by atoms with Crippen LogP contribution in [-0.2, 0) is 26.3 Å². The molecule has 9 nitrogen and oxygen atoms in total. The molecule has 0 fully saturated rings. The molecule has 0 radical (unpaired) electrons. The fraction of sp³-hybridized carbons (Fsp3) is 0.448. The summed E-state index contributed by atoms with van der Waals surface area (Å²) in [7, 11) is 3.06. The van der Waals surface area contributed by atoms with E-state index in [1.165, 1.54) is 11.7 Å². The van der Waals surface area contributed by atoms with Crippen LogP contribution in [-0.4, -0.2) is 32.1 Å². The highest BCUT2D eigenvalue weighted by Crippen LogP contribution is 2.56. The third-order valence-corrected chi connectivity index (χ3v) is 9.41. The largest absolute Gasteiger partial charge is 0.506 e. The Morgan fingerprint density at radius 3 is 2.51 bits per heavy atom. The van der Waals surface area contributed by atoms with Gasteiger partial charge in [0.1, 0.15) is 35.2 Å². The molecule has 10 heteroatoms. The van der Waals surface area contributed by atoms with Gasteiger partial charge in [-0.25, -0.2) is 0 Å². The lowest BCUT2D eigenvalue weighted by Crippen LogP contribution is -2.34. The van der Waals surface area contributed by atoms with Crippen LogP contribution in [0.5, 0.6) is 11.5 Å². The van der Waals surface area contributed by atoms with E-state index in [-0.39, 0.29) is 39.2 Å². The first kappa shape index (κ1) is 26.3. The van der Waals surface area contributed by atoms with Gasteiger partial charge in [0.2, 0.25) is 0 Å². The average molecular weight is 600 g/mol. The fourth-order valence-corrected chi connectivity index (χ4v) is 7.59. The number of benzene rings is 1. The van der Waals surface area contributed by atoms with Crippen LogP contribution < -0.4 is 15.7 Å². The molecule has 0 saturated carbocycles. The van der Waals surface area contributed by atoms with Crippen LogP contribution in [0.2, 0.25) is 0 Å². The van der Waals surface area contributed by atoms with E-state index in [1.807, 2.05) is 6.92 Å². The van der Waals surface area contributed by atoms with Crippen molar-refractivity contribution in [3.63, 3.8) is 0 Å². The summed E-state index contributed by atoms with van der Waals surface area (Å²) in [5.41, 5.74) is 1.91. The van der Waals surface area contributed by atoms with Gasteiger partial charge < -0.3 is 34.1 Å². The molecule has 3 aromatic rings. The minimum absolute atomic E-state index is 0.0300. The lowest BCUT2D eigenvalue weighted by atomic mass is 9.72. The number of methoxy groups -OCH3 is 1. The second-order valence-corrected chi connectivity index (χ2v) is 11.4. The van der Waals surface area contributed by atoms with Crippen LogP contribution in [0.1, 0.15) is 90.2 Å². The number of hydrogen-bond acceptors (Lipinski definition) is 8. The van der Waals surface area contributed by atoms with Gasteiger partial charge in [-0.3, -0.25) is 9.59 Å². The van der Waals surface area contributed by atoms with Crippen LogP contribution >= 0.6 is 15.9 Å². The predicted octanol–water partition coefficient (Wildman–Crippen LogP) is 3.77. The first-order valence-electron chi connectivity index (χ1n) is 13.2. The Morgan fingerprint density at radius 1 is 1.08 bits per heavy atom. The maximum atomic E-state index is 13.7. The van der Waals surface area contributed by atoms with Crippen molar-refractivity contribution in [3.8, 4) is 11.5 Å². The maximum Gasteiger partial charge on any atom is 0.257 e. The summed E-state index contributed by atoms with van der Waals surface area (Å²) in [6, 6.07) is 0. The molecule has 4 N–H and O–H groups in total. The highest BCUT2D eigenvalue weighted by Gasteiger charge is 2.43. The predicted molar refractivity (Wildman–Crippen MR) is 147 cm³/mol. The van der Waals surface area contributed by atoms with E-state index in [1.54, 1.807) is 7.05 Å². The van der Waals surface area contributed by atoms with Gasteiger partial charge in [0.05, 0.1) is 12.7 Å². The van der Waals surface area contributed by atoms with Crippen molar-refractivity contribution >= 4 is 32.5 Å². The number of phenolic OH excluding ortho intramolecular Hbond substituents is 1. The monoisotopic (exact) mass is 599 g/mol. The Labute approximate surface area is 232 Å². The van der Waals surface area contributed by atoms with Gasteiger partial charge >= 0.3 is 0 Å². The van der Waals surface area contributed by atoms with Gasteiger partial charge in [0.25, 0.3) is 5.56 Å². The van der Waals surface area contributed by atoms with Gasteiger partial charge in [-0.2, -0.15) is 0 Å². The number of aromatic hydroxyl groups is 1. The van der Waals surface area contributed by atoms with Crippen LogP contribution in [0.15, 0.2) is 24.1 Å². The van der Waals surface area contributed by atoms with E-state index in [0.717, 1.165) is 12.1 Å². The zero-order valence-electron chi connectivity index (χ0n) is 21.9. The SMILES string of the molecule is CCCc1c(Br)c2c(c(=O)n1C)C(O)C1=C(CCc3c1c(O)c1c(=O)c4c(oc1c3OC)[C@@H](O)CCC4)C2O. The minimum Gasteiger partial charge on any atom is -0.506 e. The number of nitrogens with zero attached hydrogens (tertiary/aromatic N) is 1. The topological polar surface area (TPSA) is 142 Å². The molecule has 3 atom stereocenters. The number of fused-ring (bicyclic) bond motifs is 5. The molecule has 2 heterocycles. The molecule has 3 aliphatic carbocycles. The van der Waals surface area contributed by atoms with Crippen LogP contribution in [0.4, 0.5) is 0 Å². The molecule has 0 spiro atoms. The second kappa shape index (κ2) is 9.33. The Hall–Kier alpha value is -2.92. The summed E-state index contributed by atoms with van der Waals surface area (Å²) in [5.74, 6) is 0.0186. The van der Waals surface area contributed by atoms with Crippen molar-refractivity contribution in [2.75, 3.05) is 7.11 Å². The summed E-state index contributed by atoms with van der Waals surface area (Å²) in [6.45, 7) is 2.00. The number of halogens is 1. The molecule has 3 aliphatic rings. The van der Waals surface area contributed by atoms with Crippen LogP contribution in [0, 0.1) is 0 Å². The third-order valence-electron chi connectivity index (χ3n) is 8.52. The number of pyridine rings is 1. The van der Waals surface area contributed by atoms with Gasteiger partial charge in [-0.15, -0.1) is 0 Å². The summed E-state index contributed by atoms with van der Waals surface area (Å²) < 4.78 is 13.8. The number of ether oxygens (including phenoxy) is 1. The van der Waals surface area contributed by atoms with E-state index < -0.39 is 35.0 Å². The van der Waals surface area contributed by atoms with Crippen LogP contribution in [0.25, 0.3) is 16.5 Å². The molecule has 206 valence electrons. The lowest BCUT2D eigenvalue weighted by Gasteiger charge is -2.37. The molecule has 6 rings (SSSR count). The first-order chi connectivity index (χ1) is 18.6. The van der Waals surface area contributed by atoms with E-state index >= 15 is 0 Å². The fourth-order valence-electron chi connectivity index (χ4n) is 6.69. The number of aromatic nitrogens is 1. The number of rotatable bonds is 3. The Balaban J connectivity index is 1.68. The zero-order valence-corrected chi connectivity index (χ0v) is 23.5. The quantitative estimate of drug-likeness (QED) is 0.356. The average Bonchev–Trinajstić information content (AvgIpc) is 2.92. The van der Waals surface area contributed by atoms with Crippen molar-refractivity contribution in [1.29, 1.82) is 0 Å². The molecular weight excluding hydrogens is 570 g/mol. The van der Waals surface area contributed by atoms with Gasteiger partial charge in [0.15, 0.2) is 16.8 Å². The van der Waals surface area contributed by atoms with Gasteiger partial charge in [-0.05, 0) is 65.6 Å². The Bertz CT molecular complexity index is 1720. The molecule has 0 amide bonds. The molecule has 0 bridgehead atoms. The number of hydrogen-bond donors (Lipinski definition) is 4. The van der Waals surface area contributed by atoms with Crippen molar-refractivity contribution in [2.24, 2.45) is 7.05 Å². The van der Waals surface area contributed by atoms with Crippen molar-refractivity contribution in [2.45, 2.75) is 70.2 Å². The number of aliphatic hydroxyl groups excluding tert-OH is 3. The molecule has 0 saturated heterocycles. The lowest BCUT2D eigenvalue weighted by molar-refractivity contribution is 0.128. The van der Waals surface area contributed by atoms with E-state index in [0.29, 0.717) is 65.3 Å². The van der Waals surface area contributed by atoms with Crippen molar-refractivity contribution in [1.82, 2.24) is 4.57 Å². The first-order valence-corrected chi connectivity index (χ1v) is 14.0. The second-order valence-electron chi connectivity index (χ2n) is 10.6. The molecular formula is C29H30BrNO8. The summed E-state index contributed by atoms with van der Waals surface area (Å²) in [6.07, 6.45) is -0.0717. The Morgan fingerprint density at radius 2 is 1.82 bits per heavy atom. The molecule has 1 aromatic carbocycles. The van der Waals surface area contributed by atoms with Crippen molar-refractivity contribution < 1.29 is 29.6 Å². The van der Waals surface area contributed by atoms with E-state index in [9.17, 15) is 30.0 Å². The number of aliphatic hydroxyl groups is 3. The third kappa shape index (κ3) is 3.48. The van der Waals surface area contributed by atoms with Gasteiger partial charge in [0, 0.05) is 39.5 Å². The van der Waals surface area contributed by atoms with E-state index in [4.69, 9.17) is 9.15 Å². The standard InChI is InChI=1S/C29H30BrNO8/c1-4-6-14-21(30)18-19(29(37)31(14)2)24(35)16-11(22(18)33)9-10-12-17(16)25(36)20-23(34)13-7-5-8-15(32)26(13)39-28(20)27(12)38-3/h15,22,24,32-33,35-36H,4-10H2,1-3H3/t15-,22?,24?/m0/s1. The highest BCUT2D eigenvalue weighted by atomic mass is 79.9. The summed E-state index contributed by atoms with van der Waals surface area (Å²) in [5, 5.41) is 45.4. The van der Waals surface area contributed by atoms with Crippen LogP contribution in [0.3, 0.4) is 0 Å². The van der Waals surface area contributed by atoms with Gasteiger partial charge in [-0.1, -0.05) is 13.3 Å². The normalized spacial score (nSPS) is 21.9. The molecule has 0 aliphatic heterocycles. The summed E-state index contributed by atoms with van der Waals surface area (Å²) >= 11 is 3.59. The molecule has 2 unspecified atom stereocenters. The smallest absolute Gasteiger partial charge is 0.257 e. The van der Waals surface area contributed by atoms with E-state index in [2.05, 4.69) is 15.9 Å².